The average Bonchev–Trinajstić information content (AvgIpc) is 2.37. The van der Waals surface area contributed by atoms with Gasteiger partial charge in [-0.05, 0) is 49.9 Å². The predicted molar refractivity (Wildman–Crippen MR) is 77.3 cm³/mol. The van der Waals surface area contributed by atoms with Crippen LogP contribution in [0.2, 0.25) is 0 Å². The summed E-state index contributed by atoms with van der Waals surface area (Å²) in [5.41, 5.74) is 7.82. The van der Waals surface area contributed by atoms with Gasteiger partial charge in [-0.1, -0.05) is 43.7 Å². The smallest absolute Gasteiger partial charge is 0.0233 e. The van der Waals surface area contributed by atoms with Crippen molar-refractivity contribution in [3.05, 3.63) is 35.9 Å². The van der Waals surface area contributed by atoms with Crippen molar-refractivity contribution in [3.8, 4) is 0 Å². The van der Waals surface area contributed by atoms with Crippen LogP contribution in [0.4, 0.5) is 0 Å². The highest BCUT2D eigenvalue weighted by molar-refractivity contribution is 5.14. The van der Waals surface area contributed by atoms with Crippen molar-refractivity contribution >= 4 is 0 Å². The molecule has 0 saturated heterocycles. The molecule has 1 aromatic carbocycles. The highest BCUT2D eigenvalue weighted by Gasteiger charge is 2.35. The molecule has 1 aliphatic carbocycles. The molecule has 0 bridgehead atoms. The first-order chi connectivity index (χ1) is 8.78. The molecule has 2 rings (SSSR count). The van der Waals surface area contributed by atoms with Crippen LogP contribution in [0, 0.1) is 5.41 Å². The Balaban J connectivity index is 1.82. The quantitative estimate of drug-likeness (QED) is 0.801. The van der Waals surface area contributed by atoms with Crippen LogP contribution < -0.4 is 5.73 Å². The van der Waals surface area contributed by atoms with Crippen LogP contribution in [0.1, 0.15) is 38.2 Å². The van der Waals surface area contributed by atoms with Gasteiger partial charge in [0.2, 0.25) is 0 Å². The Morgan fingerprint density at radius 3 is 2.44 bits per heavy atom. The van der Waals surface area contributed by atoms with Gasteiger partial charge in [-0.25, -0.2) is 0 Å². The van der Waals surface area contributed by atoms with E-state index in [9.17, 15) is 0 Å². The van der Waals surface area contributed by atoms with E-state index in [1.807, 2.05) is 0 Å². The monoisotopic (exact) mass is 246 g/mol. The predicted octanol–water partition coefficient (Wildman–Crippen LogP) is 3.03. The van der Waals surface area contributed by atoms with E-state index in [2.05, 4.69) is 42.2 Å². The van der Waals surface area contributed by atoms with E-state index < -0.39 is 0 Å². The summed E-state index contributed by atoms with van der Waals surface area (Å²) in [7, 11) is 0. The molecule has 0 aromatic heterocycles. The zero-order valence-electron chi connectivity index (χ0n) is 11.6. The molecule has 1 saturated carbocycles. The van der Waals surface area contributed by atoms with Gasteiger partial charge in [0.25, 0.3) is 0 Å². The summed E-state index contributed by atoms with van der Waals surface area (Å²) in [5.74, 6) is 0. The normalized spacial score (nSPS) is 17.7. The molecule has 0 spiro atoms. The maximum Gasteiger partial charge on any atom is 0.0233 e. The van der Waals surface area contributed by atoms with Gasteiger partial charge in [-0.2, -0.15) is 0 Å². The molecule has 2 N–H and O–H groups in total. The molecule has 18 heavy (non-hydrogen) atoms. The lowest BCUT2D eigenvalue weighted by molar-refractivity contribution is 0.105. The highest BCUT2D eigenvalue weighted by atomic mass is 15.1. The summed E-state index contributed by atoms with van der Waals surface area (Å²) in [5, 5.41) is 0. The largest absolute Gasteiger partial charge is 0.330 e. The first kappa shape index (κ1) is 13.6. The molecule has 100 valence electrons. The number of rotatable bonds is 7. The molecule has 0 radical (unpaired) electrons. The van der Waals surface area contributed by atoms with E-state index in [0.29, 0.717) is 5.41 Å². The Bertz CT molecular complexity index is 338. The summed E-state index contributed by atoms with van der Waals surface area (Å²) >= 11 is 0. The van der Waals surface area contributed by atoms with Crippen LogP contribution in [0.15, 0.2) is 30.3 Å². The first-order valence-corrected chi connectivity index (χ1v) is 7.24. The zero-order valence-corrected chi connectivity index (χ0v) is 11.6. The third-order valence-electron chi connectivity index (χ3n) is 4.50. The second-order valence-electron chi connectivity index (χ2n) is 5.66. The molecular weight excluding hydrogens is 220 g/mol. The minimum atomic E-state index is 0.476. The van der Waals surface area contributed by atoms with Crippen LogP contribution in [0.25, 0.3) is 0 Å². The third-order valence-corrected chi connectivity index (χ3v) is 4.50. The van der Waals surface area contributed by atoms with Crippen molar-refractivity contribution in [2.45, 2.75) is 39.2 Å². The maximum absolute atomic E-state index is 5.93. The van der Waals surface area contributed by atoms with Gasteiger partial charge in [0.15, 0.2) is 0 Å². The minimum Gasteiger partial charge on any atom is -0.330 e. The molecule has 0 amide bonds. The lowest BCUT2D eigenvalue weighted by Crippen LogP contribution is -2.40. The summed E-state index contributed by atoms with van der Waals surface area (Å²) in [6, 6.07) is 10.7. The lowest BCUT2D eigenvalue weighted by Gasteiger charge is -2.42. The van der Waals surface area contributed by atoms with Crippen molar-refractivity contribution < 1.29 is 0 Å². The fourth-order valence-electron chi connectivity index (χ4n) is 2.82. The topological polar surface area (TPSA) is 29.3 Å². The molecule has 1 fully saturated rings. The van der Waals surface area contributed by atoms with Crippen LogP contribution in [0.3, 0.4) is 0 Å². The molecule has 0 aliphatic heterocycles. The Kier molecular flexibility index (Phi) is 4.79. The van der Waals surface area contributed by atoms with E-state index in [4.69, 9.17) is 5.73 Å². The zero-order chi connectivity index (χ0) is 12.8. The highest BCUT2D eigenvalue weighted by Crippen LogP contribution is 2.42. The van der Waals surface area contributed by atoms with Crippen molar-refractivity contribution in [2.75, 3.05) is 19.6 Å². The van der Waals surface area contributed by atoms with Crippen molar-refractivity contribution in [3.63, 3.8) is 0 Å². The molecule has 1 aliphatic rings. The van der Waals surface area contributed by atoms with Gasteiger partial charge in [0.1, 0.15) is 0 Å². The Morgan fingerprint density at radius 2 is 1.94 bits per heavy atom. The van der Waals surface area contributed by atoms with Crippen LogP contribution in [-0.2, 0) is 6.54 Å². The van der Waals surface area contributed by atoms with Gasteiger partial charge in [-0.15, -0.1) is 0 Å². The number of nitrogens with two attached hydrogens (primary N) is 1. The van der Waals surface area contributed by atoms with Gasteiger partial charge >= 0.3 is 0 Å². The van der Waals surface area contributed by atoms with Gasteiger partial charge < -0.3 is 5.73 Å². The molecule has 1 aromatic rings. The van der Waals surface area contributed by atoms with E-state index in [1.165, 1.54) is 37.8 Å². The van der Waals surface area contributed by atoms with Crippen LogP contribution >= 0.6 is 0 Å². The van der Waals surface area contributed by atoms with Crippen LogP contribution in [0.5, 0.6) is 0 Å². The number of nitrogens with zero attached hydrogens (tertiary/aromatic N) is 1. The fraction of sp³-hybridized carbons (Fsp3) is 0.625. The van der Waals surface area contributed by atoms with Gasteiger partial charge in [0.05, 0.1) is 0 Å². The molecular formula is C16H26N2. The first-order valence-electron chi connectivity index (χ1n) is 7.24. The Labute approximate surface area is 111 Å². The van der Waals surface area contributed by atoms with Crippen molar-refractivity contribution in [1.82, 2.24) is 4.90 Å². The Morgan fingerprint density at radius 1 is 1.22 bits per heavy atom. The second kappa shape index (κ2) is 6.35. The molecule has 0 atom stereocenters. The maximum atomic E-state index is 5.93. The van der Waals surface area contributed by atoms with Crippen LogP contribution in [-0.4, -0.2) is 24.5 Å². The fourth-order valence-corrected chi connectivity index (χ4v) is 2.82. The van der Waals surface area contributed by atoms with Crippen molar-refractivity contribution in [1.29, 1.82) is 0 Å². The molecule has 2 nitrogen and oxygen atoms in total. The number of hydrogen-bond donors (Lipinski definition) is 1. The second-order valence-corrected chi connectivity index (χ2v) is 5.66. The lowest BCUT2D eigenvalue weighted by atomic mass is 9.66. The number of benzene rings is 1. The number of hydrogen-bond acceptors (Lipinski definition) is 2. The van der Waals surface area contributed by atoms with E-state index in [1.54, 1.807) is 0 Å². The van der Waals surface area contributed by atoms with E-state index in [0.717, 1.165) is 19.6 Å². The minimum absolute atomic E-state index is 0.476. The van der Waals surface area contributed by atoms with Gasteiger partial charge in [-0.3, -0.25) is 4.90 Å². The third kappa shape index (κ3) is 3.33. The van der Waals surface area contributed by atoms with E-state index in [-0.39, 0.29) is 0 Å². The SMILES string of the molecule is CCN(CCC1(CN)CCC1)Cc1ccccc1. The average molecular weight is 246 g/mol. The molecule has 0 unspecified atom stereocenters. The van der Waals surface area contributed by atoms with E-state index >= 15 is 0 Å². The summed E-state index contributed by atoms with van der Waals surface area (Å²) < 4.78 is 0. The summed E-state index contributed by atoms with van der Waals surface area (Å²) in [6.07, 6.45) is 5.32. The standard InChI is InChI=1S/C16H26N2/c1-2-18(13-15-7-4-3-5-8-15)12-11-16(14-17)9-6-10-16/h3-5,7-8H,2,6,9-14,17H2,1H3. The van der Waals surface area contributed by atoms with Crippen molar-refractivity contribution in [2.24, 2.45) is 11.1 Å². The molecule has 2 heteroatoms. The van der Waals surface area contributed by atoms with Gasteiger partial charge in [0, 0.05) is 6.54 Å². The summed E-state index contributed by atoms with van der Waals surface area (Å²) in [4.78, 5) is 2.53. The molecule has 0 heterocycles. The Hall–Kier alpha value is -0.860. The summed E-state index contributed by atoms with van der Waals surface area (Å²) in [6.45, 7) is 6.49.